The van der Waals surface area contributed by atoms with Crippen LogP contribution in [0.1, 0.15) is 51.9 Å². The Bertz CT molecular complexity index is 597. The van der Waals surface area contributed by atoms with Crippen molar-refractivity contribution < 1.29 is 18.8 Å². The van der Waals surface area contributed by atoms with Crippen molar-refractivity contribution in [3.8, 4) is 5.75 Å². The van der Waals surface area contributed by atoms with Gasteiger partial charge in [0, 0.05) is 6.54 Å². The van der Waals surface area contributed by atoms with Crippen molar-refractivity contribution >= 4 is 18.5 Å². The Morgan fingerprint density at radius 1 is 1.21 bits per heavy atom. The molecular weight excluding hydrogens is 305 g/mol. The van der Waals surface area contributed by atoms with Gasteiger partial charge < -0.3 is 19.4 Å². The molecule has 0 bridgehead atoms. The van der Waals surface area contributed by atoms with Crippen LogP contribution in [0.5, 0.6) is 5.75 Å². The Morgan fingerprint density at radius 3 is 2.29 bits per heavy atom. The number of amides is 1. The summed E-state index contributed by atoms with van der Waals surface area (Å²) in [5, 5.41) is 2.92. The third-order valence-electron chi connectivity index (χ3n) is 4.66. The van der Waals surface area contributed by atoms with Gasteiger partial charge in [0.2, 0.25) is 0 Å². The van der Waals surface area contributed by atoms with Gasteiger partial charge in [-0.15, -0.1) is 0 Å². The average molecular weight is 333 g/mol. The normalized spacial score (nSPS) is 18.8. The van der Waals surface area contributed by atoms with Crippen LogP contribution in [0.15, 0.2) is 18.2 Å². The second-order valence-electron chi connectivity index (χ2n) is 7.65. The van der Waals surface area contributed by atoms with Crippen molar-refractivity contribution in [2.75, 3.05) is 13.7 Å². The molecule has 132 valence electrons. The lowest BCUT2D eigenvalue weighted by Crippen LogP contribution is -2.41. The SMILES string of the molecule is COc1ccc(B2OC(C)(C)C(C)(C)O2)cc1C(=O)NCC(C)C. The molecule has 0 atom stereocenters. The number of rotatable bonds is 5. The zero-order chi connectivity index (χ0) is 18.1. The van der Waals surface area contributed by atoms with Crippen molar-refractivity contribution in [2.24, 2.45) is 5.92 Å². The van der Waals surface area contributed by atoms with Crippen LogP contribution < -0.4 is 15.5 Å². The molecular formula is C18H28BNO4. The second kappa shape index (κ2) is 6.77. The summed E-state index contributed by atoms with van der Waals surface area (Å²) in [5.74, 6) is 0.765. The highest BCUT2D eigenvalue weighted by atomic mass is 16.7. The van der Waals surface area contributed by atoms with Crippen molar-refractivity contribution in [2.45, 2.75) is 52.7 Å². The van der Waals surface area contributed by atoms with E-state index in [4.69, 9.17) is 14.0 Å². The van der Waals surface area contributed by atoms with E-state index in [-0.39, 0.29) is 5.91 Å². The van der Waals surface area contributed by atoms with E-state index in [9.17, 15) is 4.79 Å². The molecule has 1 N–H and O–H groups in total. The fourth-order valence-electron chi connectivity index (χ4n) is 2.42. The van der Waals surface area contributed by atoms with Gasteiger partial charge in [-0.2, -0.15) is 0 Å². The molecule has 1 saturated heterocycles. The molecule has 0 spiro atoms. The van der Waals surface area contributed by atoms with Crippen LogP contribution in [0.25, 0.3) is 0 Å². The lowest BCUT2D eigenvalue weighted by atomic mass is 9.78. The summed E-state index contributed by atoms with van der Waals surface area (Å²) >= 11 is 0. The summed E-state index contributed by atoms with van der Waals surface area (Å²) < 4.78 is 17.5. The minimum atomic E-state index is -0.502. The molecule has 1 aliphatic rings. The molecule has 1 aliphatic heterocycles. The van der Waals surface area contributed by atoms with E-state index in [1.54, 1.807) is 19.2 Å². The Morgan fingerprint density at radius 2 is 1.79 bits per heavy atom. The van der Waals surface area contributed by atoms with E-state index in [1.807, 2.05) is 33.8 Å². The van der Waals surface area contributed by atoms with Crippen LogP contribution in [-0.2, 0) is 9.31 Å². The maximum Gasteiger partial charge on any atom is 0.494 e. The van der Waals surface area contributed by atoms with Crippen molar-refractivity contribution in [3.05, 3.63) is 23.8 Å². The number of hydrogen-bond acceptors (Lipinski definition) is 4. The summed E-state index contributed by atoms with van der Waals surface area (Å²) in [7, 11) is 1.06. The van der Waals surface area contributed by atoms with Gasteiger partial charge in [0.15, 0.2) is 0 Å². The minimum Gasteiger partial charge on any atom is -0.496 e. The third kappa shape index (κ3) is 3.76. The molecule has 2 rings (SSSR count). The van der Waals surface area contributed by atoms with E-state index in [2.05, 4.69) is 19.2 Å². The molecule has 0 aliphatic carbocycles. The first-order chi connectivity index (χ1) is 11.1. The summed E-state index contributed by atoms with van der Waals surface area (Å²) in [4.78, 5) is 12.5. The quantitative estimate of drug-likeness (QED) is 0.841. The lowest BCUT2D eigenvalue weighted by molar-refractivity contribution is 0.00578. The van der Waals surface area contributed by atoms with E-state index in [0.717, 1.165) is 5.46 Å². The summed E-state index contributed by atoms with van der Waals surface area (Å²) in [5.41, 5.74) is 0.462. The van der Waals surface area contributed by atoms with E-state index in [0.29, 0.717) is 23.8 Å². The number of carbonyl (C=O) groups is 1. The monoisotopic (exact) mass is 333 g/mol. The highest BCUT2D eigenvalue weighted by molar-refractivity contribution is 6.62. The number of ether oxygens (including phenoxy) is 1. The molecule has 1 fully saturated rings. The molecule has 1 amide bonds. The molecule has 5 nitrogen and oxygen atoms in total. The van der Waals surface area contributed by atoms with Crippen LogP contribution in [0.3, 0.4) is 0 Å². The van der Waals surface area contributed by atoms with Gasteiger partial charge in [0.25, 0.3) is 5.91 Å². The molecule has 1 aromatic rings. The summed E-state index contributed by atoms with van der Waals surface area (Å²) in [6.07, 6.45) is 0. The zero-order valence-corrected chi connectivity index (χ0v) is 15.7. The van der Waals surface area contributed by atoms with Gasteiger partial charge in [0.1, 0.15) is 5.75 Å². The Labute approximate surface area is 145 Å². The first kappa shape index (κ1) is 18.8. The topological polar surface area (TPSA) is 56.8 Å². The maximum absolute atomic E-state index is 12.5. The van der Waals surface area contributed by atoms with E-state index < -0.39 is 18.3 Å². The molecule has 6 heteroatoms. The molecule has 1 aromatic carbocycles. The van der Waals surface area contributed by atoms with Crippen molar-refractivity contribution in [1.29, 1.82) is 0 Å². The van der Waals surface area contributed by atoms with Crippen LogP contribution in [0.2, 0.25) is 0 Å². The average Bonchev–Trinajstić information content (AvgIpc) is 2.72. The van der Waals surface area contributed by atoms with Crippen molar-refractivity contribution in [1.82, 2.24) is 5.32 Å². The molecule has 0 unspecified atom stereocenters. The summed E-state index contributed by atoms with van der Waals surface area (Å²) in [6, 6.07) is 5.45. The highest BCUT2D eigenvalue weighted by Gasteiger charge is 2.51. The zero-order valence-electron chi connectivity index (χ0n) is 15.7. The van der Waals surface area contributed by atoms with Gasteiger partial charge in [-0.05, 0) is 51.2 Å². The summed E-state index contributed by atoms with van der Waals surface area (Å²) in [6.45, 7) is 12.7. The molecule has 1 heterocycles. The fourth-order valence-corrected chi connectivity index (χ4v) is 2.42. The van der Waals surface area contributed by atoms with Gasteiger partial charge in [-0.1, -0.05) is 19.9 Å². The Kier molecular flexibility index (Phi) is 5.30. The lowest BCUT2D eigenvalue weighted by Gasteiger charge is -2.32. The van der Waals surface area contributed by atoms with Gasteiger partial charge >= 0.3 is 7.12 Å². The van der Waals surface area contributed by atoms with Gasteiger partial charge in [-0.25, -0.2) is 0 Å². The van der Waals surface area contributed by atoms with E-state index in [1.165, 1.54) is 0 Å². The molecule has 24 heavy (non-hydrogen) atoms. The predicted molar refractivity (Wildman–Crippen MR) is 95.9 cm³/mol. The van der Waals surface area contributed by atoms with Crippen LogP contribution in [0.4, 0.5) is 0 Å². The number of benzene rings is 1. The van der Waals surface area contributed by atoms with E-state index >= 15 is 0 Å². The first-order valence-electron chi connectivity index (χ1n) is 8.39. The largest absolute Gasteiger partial charge is 0.496 e. The maximum atomic E-state index is 12.5. The highest BCUT2D eigenvalue weighted by Crippen LogP contribution is 2.36. The third-order valence-corrected chi connectivity index (χ3v) is 4.66. The smallest absolute Gasteiger partial charge is 0.494 e. The van der Waals surface area contributed by atoms with Gasteiger partial charge in [-0.3, -0.25) is 4.79 Å². The van der Waals surface area contributed by atoms with Crippen molar-refractivity contribution in [3.63, 3.8) is 0 Å². The molecule has 0 radical (unpaired) electrons. The van der Waals surface area contributed by atoms with Crippen LogP contribution >= 0.6 is 0 Å². The predicted octanol–water partition coefficient (Wildman–Crippen LogP) is 2.38. The first-order valence-corrected chi connectivity index (χ1v) is 8.39. The minimum absolute atomic E-state index is 0.154. The second-order valence-corrected chi connectivity index (χ2v) is 7.65. The Hall–Kier alpha value is -1.53. The number of methoxy groups -OCH3 is 1. The van der Waals surface area contributed by atoms with Gasteiger partial charge in [0.05, 0.1) is 23.9 Å². The molecule has 0 saturated carbocycles. The molecule has 0 aromatic heterocycles. The number of nitrogens with one attached hydrogen (secondary N) is 1. The number of carbonyl (C=O) groups excluding carboxylic acids is 1. The number of hydrogen-bond donors (Lipinski definition) is 1. The van der Waals surface area contributed by atoms with Crippen LogP contribution in [0, 0.1) is 5.92 Å². The fraction of sp³-hybridized carbons (Fsp3) is 0.611. The Balaban J connectivity index is 2.28. The van der Waals surface area contributed by atoms with Crippen LogP contribution in [-0.4, -0.2) is 37.9 Å². The standard InChI is InChI=1S/C18H28BNO4/c1-12(2)11-20-16(21)14-10-13(8-9-15(14)22-7)19-23-17(3,4)18(5,6)24-19/h8-10,12H,11H2,1-7H3,(H,20,21).